The van der Waals surface area contributed by atoms with E-state index in [2.05, 4.69) is 32.7 Å². The molecule has 0 amide bonds. The summed E-state index contributed by atoms with van der Waals surface area (Å²) in [7, 11) is 1.36. The Kier molecular flexibility index (Phi) is 5.77. The molecule has 0 bridgehead atoms. The fraction of sp³-hybridized carbons (Fsp3) is 0.150. The first-order chi connectivity index (χ1) is 12.7. The average Bonchev–Trinajstić information content (AvgIpc) is 2.69. The Morgan fingerprint density at radius 2 is 1.81 bits per heavy atom. The molecular formula is C20H20N4O2. The van der Waals surface area contributed by atoms with Crippen molar-refractivity contribution in [3.63, 3.8) is 0 Å². The van der Waals surface area contributed by atoms with Crippen molar-refractivity contribution in [1.29, 1.82) is 0 Å². The molecule has 0 aliphatic heterocycles. The average molecular weight is 348 g/mol. The molecule has 6 nitrogen and oxygen atoms in total. The highest BCUT2D eigenvalue weighted by Crippen LogP contribution is 2.16. The molecule has 0 saturated carbocycles. The van der Waals surface area contributed by atoms with Gasteiger partial charge in [-0.05, 0) is 42.3 Å². The van der Waals surface area contributed by atoms with Crippen molar-refractivity contribution < 1.29 is 9.53 Å². The van der Waals surface area contributed by atoms with Crippen molar-refractivity contribution in [3.05, 3.63) is 78.0 Å². The molecule has 2 aromatic carbocycles. The summed E-state index contributed by atoms with van der Waals surface area (Å²) in [5, 5.41) is 6.42. The van der Waals surface area contributed by atoms with Gasteiger partial charge in [0.1, 0.15) is 5.82 Å². The van der Waals surface area contributed by atoms with Crippen molar-refractivity contribution in [2.24, 2.45) is 0 Å². The van der Waals surface area contributed by atoms with E-state index in [-0.39, 0.29) is 5.97 Å². The zero-order valence-corrected chi connectivity index (χ0v) is 14.5. The lowest BCUT2D eigenvalue weighted by Gasteiger charge is -2.09. The Morgan fingerprint density at radius 1 is 1.04 bits per heavy atom. The number of rotatable bonds is 7. The number of aromatic nitrogens is 2. The first-order valence-electron chi connectivity index (χ1n) is 8.31. The molecule has 0 unspecified atom stereocenters. The van der Waals surface area contributed by atoms with Crippen LogP contribution >= 0.6 is 0 Å². The normalized spacial score (nSPS) is 10.2. The third-order valence-corrected chi connectivity index (χ3v) is 3.77. The molecule has 0 aliphatic rings. The third kappa shape index (κ3) is 4.80. The number of carbonyl (C=O) groups is 1. The number of hydrogen-bond donors (Lipinski definition) is 2. The molecule has 0 atom stereocenters. The lowest BCUT2D eigenvalue weighted by Crippen LogP contribution is -2.08. The van der Waals surface area contributed by atoms with E-state index in [0.717, 1.165) is 18.7 Å². The Hall–Kier alpha value is -3.41. The maximum atomic E-state index is 11.5. The highest BCUT2D eigenvalue weighted by atomic mass is 16.5. The monoisotopic (exact) mass is 348 g/mol. The number of nitrogens with zero attached hydrogens (tertiary/aromatic N) is 2. The fourth-order valence-electron chi connectivity index (χ4n) is 2.43. The van der Waals surface area contributed by atoms with Crippen LogP contribution in [0.5, 0.6) is 0 Å². The number of carbonyl (C=O) groups excluding carboxylic acids is 1. The van der Waals surface area contributed by atoms with Gasteiger partial charge in [0.25, 0.3) is 0 Å². The van der Waals surface area contributed by atoms with Gasteiger partial charge in [0.15, 0.2) is 0 Å². The highest BCUT2D eigenvalue weighted by molar-refractivity contribution is 5.89. The molecule has 0 spiro atoms. The summed E-state index contributed by atoms with van der Waals surface area (Å²) in [6.07, 6.45) is 2.60. The Bertz CT molecular complexity index is 851. The van der Waals surface area contributed by atoms with Gasteiger partial charge in [0.05, 0.1) is 12.7 Å². The number of methoxy groups -OCH3 is 1. The smallest absolute Gasteiger partial charge is 0.337 e. The van der Waals surface area contributed by atoms with Crippen LogP contribution in [0.15, 0.2) is 66.9 Å². The molecule has 0 fully saturated rings. The molecule has 3 aromatic rings. The van der Waals surface area contributed by atoms with Crippen LogP contribution in [0.25, 0.3) is 0 Å². The van der Waals surface area contributed by atoms with E-state index < -0.39 is 0 Å². The van der Waals surface area contributed by atoms with Gasteiger partial charge in [-0.2, -0.15) is 4.98 Å². The van der Waals surface area contributed by atoms with Gasteiger partial charge in [-0.25, -0.2) is 9.78 Å². The van der Waals surface area contributed by atoms with Gasteiger partial charge in [-0.1, -0.05) is 30.3 Å². The third-order valence-electron chi connectivity index (χ3n) is 3.77. The Labute approximate surface area is 152 Å². The number of nitrogens with one attached hydrogen (secondary N) is 2. The van der Waals surface area contributed by atoms with Crippen molar-refractivity contribution in [1.82, 2.24) is 9.97 Å². The van der Waals surface area contributed by atoms with E-state index >= 15 is 0 Å². The van der Waals surface area contributed by atoms with Crippen LogP contribution in [0, 0.1) is 0 Å². The van der Waals surface area contributed by atoms with E-state index in [1.807, 2.05) is 18.2 Å². The summed E-state index contributed by atoms with van der Waals surface area (Å²) in [6, 6.07) is 19.1. The van der Waals surface area contributed by atoms with Gasteiger partial charge >= 0.3 is 5.97 Å². The van der Waals surface area contributed by atoms with E-state index in [0.29, 0.717) is 17.3 Å². The zero-order valence-electron chi connectivity index (χ0n) is 14.5. The first kappa shape index (κ1) is 17.4. The summed E-state index contributed by atoms with van der Waals surface area (Å²) in [5.41, 5.74) is 2.59. The van der Waals surface area contributed by atoms with E-state index in [1.54, 1.807) is 36.5 Å². The van der Waals surface area contributed by atoms with Crippen molar-refractivity contribution in [2.45, 2.75) is 6.42 Å². The molecule has 0 saturated heterocycles. The largest absolute Gasteiger partial charge is 0.465 e. The lowest BCUT2D eigenvalue weighted by molar-refractivity contribution is 0.0601. The number of benzene rings is 2. The molecule has 132 valence electrons. The van der Waals surface area contributed by atoms with E-state index in [4.69, 9.17) is 4.74 Å². The predicted octanol–water partition coefficient (Wildman–Crippen LogP) is 3.66. The van der Waals surface area contributed by atoms with Gasteiger partial charge in [-0.3, -0.25) is 0 Å². The summed E-state index contributed by atoms with van der Waals surface area (Å²) in [6.45, 7) is 0.751. The van der Waals surface area contributed by atoms with Crippen molar-refractivity contribution >= 4 is 23.4 Å². The number of anilines is 3. The predicted molar refractivity (Wildman–Crippen MR) is 102 cm³/mol. The molecular weight excluding hydrogens is 328 g/mol. The van der Waals surface area contributed by atoms with Crippen molar-refractivity contribution in [2.75, 3.05) is 24.3 Å². The topological polar surface area (TPSA) is 76.1 Å². The summed E-state index contributed by atoms with van der Waals surface area (Å²) < 4.78 is 4.69. The molecule has 3 rings (SSSR count). The summed E-state index contributed by atoms with van der Waals surface area (Å²) in [5.74, 6) is 0.883. The lowest BCUT2D eigenvalue weighted by atomic mass is 10.1. The molecule has 2 N–H and O–H groups in total. The van der Waals surface area contributed by atoms with Crippen LogP contribution in [0.3, 0.4) is 0 Å². The fourth-order valence-corrected chi connectivity index (χ4v) is 2.43. The summed E-state index contributed by atoms with van der Waals surface area (Å²) >= 11 is 0. The second-order valence-electron chi connectivity index (χ2n) is 5.62. The minimum atomic E-state index is -0.358. The Balaban J connectivity index is 1.57. The number of ether oxygens (including phenoxy) is 1. The second kappa shape index (κ2) is 8.62. The van der Waals surface area contributed by atoms with E-state index in [1.165, 1.54) is 12.7 Å². The SMILES string of the molecule is COC(=O)c1ccc(Nc2ccnc(NCCc3ccccc3)n2)cc1. The molecule has 0 radical (unpaired) electrons. The minimum Gasteiger partial charge on any atom is -0.465 e. The molecule has 26 heavy (non-hydrogen) atoms. The minimum absolute atomic E-state index is 0.358. The van der Waals surface area contributed by atoms with Crippen molar-refractivity contribution in [3.8, 4) is 0 Å². The van der Waals surface area contributed by atoms with Gasteiger partial charge < -0.3 is 15.4 Å². The maximum Gasteiger partial charge on any atom is 0.337 e. The standard InChI is InChI=1S/C20H20N4O2/c1-26-19(25)16-7-9-17(10-8-16)23-18-12-14-22-20(24-18)21-13-11-15-5-3-2-4-6-15/h2-10,12,14H,11,13H2,1H3,(H2,21,22,23,24). The first-order valence-corrected chi connectivity index (χ1v) is 8.31. The molecule has 1 aromatic heterocycles. The van der Waals surface area contributed by atoms with Crippen LogP contribution < -0.4 is 10.6 Å². The van der Waals surface area contributed by atoms with Crippen LogP contribution in [0.1, 0.15) is 15.9 Å². The quantitative estimate of drug-likeness (QED) is 0.635. The highest BCUT2D eigenvalue weighted by Gasteiger charge is 2.05. The van der Waals surface area contributed by atoms with Crippen LogP contribution in [-0.4, -0.2) is 29.6 Å². The number of hydrogen-bond acceptors (Lipinski definition) is 6. The summed E-state index contributed by atoms with van der Waals surface area (Å²) in [4.78, 5) is 20.1. The Morgan fingerprint density at radius 3 is 2.54 bits per heavy atom. The van der Waals surface area contributed by atoms with E-state index in [9.17, 15) is 4.79 Å². The van der Waals surface area contributed by atoms with Crippen LogP contribution in [-0.2, 0) is 11.2 Å². The molecule has 6 heteroatoms. The number of esters is 1. The van der Waals surface area contributed by atoms with Gasteiger partial charge in [0.2, 0.25) is 5.95 Å². The van der Waals surface area contributed by atoms with Crippen LogP contribution in [0.2, 0.25) is 0 Å². The van der Waals surface area contributed by atoms with Crippen LogP contribution in [0.4, 0.5) is 17.5 Å². The second-order valence-corrected chi connectivity index (χ2v) is 5.62. The molecule has 1 heterocycles. The molecule has 0 aliphatic carbocycles. The van der Waals surface area contributed by atoms with Gasteiger partial charge in [-0.15, -0.1) is 0 Å². The van der Waals surface area contributed by atoms with Gasteiger partial charge in [0, 0.05) is 18.4 Å². The maximum absolute atomic E-state index is 11.5. The zero-order chi connectivity index (χ0) is 18.2.